The van der Waals surface area contributed by atoms with Gasteiger partial charge in [-0.15, -0.1) is 0 Å². The molecule has 0 bridgehead atoms. The molecule has 2 atom stereocenters. The molecule has 1 aromatic heterocycles. The van der Waals surface area contributed by atoms with Gasteiger partial charge in [-0.3, -0.25) is 9.59 Å². The van der Waals surface area contributed by atoms with E-state index < -0.39 is 0 Å². The zero-order valence-corrected chi connectivity index (χ0v) is 20.6. The van der Waals surface area contributed by atoms with E-state index in [0.29, 0.717) is 43.0 Å². The molecule has 2 saturated heterocycles. The van der Waals surface area contributed by atoms with Crippen LogP contribution in [-0.4, -0.2) is 76.9 Å². The number of hydrogen-bond acceptors (Lipinski definition) is 6. The average molecular weight is 478 g/mol. The molecule has 0 radical (unpaired) electrons. The zero-order chi connectivity index (χ0) is 24.7. The van der Waals surface area contributed by atoms with Crippen molar-refractivity contribution in [1.82, 2.24) is 25.2 Å². The van der Waals surface area contributed by atoms with Crippen molar-refractivity contribution in [2.75, 3.05) is 39.9 Å². The molecule has 3 heterocycles. The van der Waals surface area contributed by atoms with Crippen molar-refractivity contribution in [2.24, 2.45) is 11.8 Å². The van der Waals surface area contributed by atoms with Gasteiger partial charge in [0.15, 0.2) is 6.61 Å². The Labute approximate surface area is 204 Å². The van der Waals surface area contributed by atoms with Crippen LogP contribution in [0.15, 0.2) is 36.4 Å². The summed E-state index contributed by atoms with van der Waals surface area (Å²) >= 11 is 0. The van der Waals surface area contributed by atoms with E-state index in [0.717, 1.165) is 16.8 Å². The second kappa shape index (κ2) is 8.87. The predicted molar refractivity (Wildman–Crippen MR) is 131 cm³/mol. The summed E-state index contributed by atoms with van der Waals surface area (Å²) < 4.78 is 11.3. The Bertz CT molecular complexity index is 1250. The molecular weight excluding hydrogens is 446 g/mol. The summed E-state index contributed by atoms with van der Waals surface area (Å²) in [6.45, 7) is 8.91. The molecule has 9 nitrogen and oxygen atoms in total. The Kier molecular flexibility index (Phi) is 5.86. The molecule has 2 aliphatic rings. The molecule has 184 valence electrons. The first-order chi connectivity index (χ1) is 16.7. The van der Waals surface area contributed by atoms with Gasteiger partial charge in [0.05, 0.1) is 7.11 Å². The first-order valence-electron chi connectivity index (χ1n) is 11.9. The van der Waals surface area contributed by atoms with E-state index in [4.69, 9.17) is 9.47 Å². The van der Waals surface area contributed by atoms with Gasteiger partial charge in [-0.2, -0.15) is 15.4 Å². The van der Waals surface area contributed by atoms with Crippen LogP contribution in [0.3, 0.4) is 0 Å². The number of nitrogens with one attached hydrogen (secondary N) is 1. The Morgan fingerprint density at radius 2 is 1.66 bits per heavy atom. The number of H-pyrrole nitrogens is 1. The molecule has 1 N–H and O–H groups in total. The van der Waals surface area contributed by atoms with Crippen molar-refractivity contribution in [3.63, 3.8) is 0 Å². The lowest BCUT2D eigenvalue weighted by Gasteiger charge is -2.25. The fourth-order valence-electron chi connectivity index (χ4n) is 5.10. The van der Waals surface area contributed by atoms with Crippen molar-refractivity contribution in [3.8, 4) is 11.5 Å². The van der Waals surface area contributed by atoms with Crippen LogP contribution in [0.5, 0.6) is 11.5 Å². The third-order valence-electron chi connectivity index (χ3n) is 7.04. The number of nitrogens with zero attached hydrogens (tertiary/aromatic N) is 4. The van der Waals surface area contributed by atoms with Crippen LogP contribution in [-0.2, 0) is 10.2 Å². The van der Waals surface area contributed by atoms with Crippen LogP contribution >= 0.6 is 0 Å². The number of rotatable bonds is 5. The number of amides is 2. The van der Waals surface area contributed by atoms with E-state index in [1.165, 1.54) is 0 Å². The number of carbonyl (C=O) groups excluding carboxylic acids is 2. The monoisotopic (exact) mass is 477 g/mol. The Morgan fingerprint density at radius 1 is 0.971 bits per heavy atom. The highest BCUT2D eigenvalue weighted by Gasteiger charge is 2.43. The maximum Gasteiger partial charge on any atom is 0.260 e. The smallest absolute Gasteiger partial charge is 0.260 e. The molecule has 2 fully saturated rings. The van der Waals surface area contributed by atoms with Crippen LogP contribution in [0.4, 0.5) is 0 Å². The van der Waals surface area contributed by atoms with Crippen LogP contribution in [0.25, 0.3) is 11.0 Å². The molecule has 35 heavy (non-hydrogen) atoms. The van der Waals surface area contributed by atoms with Gasteiger partial charge in [-0.1, -0.05) is 20.8 Å². The quantitative estimate of drug-likeness (QED) is 0.607. The summed E-state index contributed by atoms with van der Waals surface area (Å²) in [5.41, 5.74) is 2.88. The summed E-state index contributed by atoms with van der Waals surface area (Å²) in [4.78, 5) is 29.7. The summed E-state index contributed by atoms with van der Waals surface area (Å²) in [7, 11) is 1.64. The Morgan fingerprint density at radius 3 is 2.34 bits per heavy atom. The number of aromatic amines is 1. The number of methoxy groups -OCH3 is 1. The van der Waals surface area contributed by atoms with Crippen molar-refractivity contribution in [2.45, 2.75) is 26.2 Å². The fourth-order valence-corrected chi connectivity index (χ4v) is 5.10. The summed E-state index contributed by atoms with van der Waals surface area (Å²) in [5.74, 6) is 2.01. The van der Waals surface area contributed by atoms with Gasteiger partial charge in [0.1, 0.15) is 22.5 Å². The number of carbonyl (C=O) groups is 2. The zero-order valence-electron chi connectivity index (χ0n) is 20.6. The van der Waals surface area contributed by atoms with E-state index in [9.17, 15) is 9.59 Å². The summed E-state index contributed by atoms with van der Waals surface area (Å²) in [6, 6.07) is 11.0. The Hall–Kier alpha value is -3.62. The normalized spacial score (nSPS) is 19.8. The number of fused-ring (bicyclic) bond motifs is 2. The maximum atomic E-state index is 13.0. The van der Waals surface area contributed by atoms with Gasteiger partial charge in [-0.25, -0.2) is 0 Å². The maximum absolute atomic E-state index is 13.0. The third-order valence-corrected chi connectivity index (χ3v) is 7.04. The van der Waals surface area contributed by atoms with Crippen molar-refractivity contribution < 1.29 is 19.1 Å². The average Bonchev–Trinajstić information content (AvgIpc) is 3.55. The highest BCUT2D eigenvalue weighted by atomic mass is 16.5. The standard InChI is InChI=1S/C26H31N5O4/c1-26(2,3)20-10-19(34-4)6-8-23(20)35-15-24(32)30-11-17-13-31(14-18(17)12-30)25(33)16-5-7-21-22(9-16)28-29-27-21/h5-10,17-18H,11-15H2,1-4H3,(H,27,28,29). The first kappa shape index (κ1) is 23.1. The molecule has 0 saturated carbocycles. The number of aromatic nitrogens is 3. The van der Waals surface area contributed by atoms with Gasteiger partial charge in [0, 0.05) is 49.1 Å². The fraction of sp³-hybridized carbons (Fsp3) is 0.462. The SMILES string of the molecule is COc1ccc(OCC(=O)N2CC3CN(C(=O)c4ccc5n[nH]nc5c4)CC3C2)c(C(C)(C)C)c1. The second-order valence-corrected chi connectivity index (χ2v) is 10.5. The van der Waals surface area contributed by atoms with E-state index in [1.807, 2.05) is 28.0 Å². The van der Waals surface area contributed by atoms with Gasteiger partial charge in [0.2, 0.25) is 0 Å². The first-order valence-corrected chi connectivity index (χ1v) is 11.9. The van der Waals surface area contributed by atoms with Crippen molar-refractivity contribution in [1.29, 1.82) is 0 Å². The van der Waals surface area contributed by atoms with Crippen molar-refractivity contribution in [3.05, 3.63) is 47.5 Å². The lowest BCUT2D eigenvalue weighted by atomic mass is 9.86. The molecule has 2 aliphatic heterocycles. The number of ether oxygens (including phenoxy) is 2. The highest BCUT2D eigenvalue weighted by Crippen LogP contribution is 2.35. The van der Waals surface area contributed by atoms with Gasteiger partial charge in [-0.05, 0) is 41.8 Å². The number of benzene rings is 2. The molecule has 2 aromatic carbocycles. The topological polar surface area (TPSA) is 101 Å². The summed E-state index contributed by atoms with van der Waals surface area (Å²) in [5, 5.41) is 10.7. The molecule has 0 aliphatic carbocycles. The molecular formula is C26H31N5O4. The highest BCUT2D eigenvalue weighted by molar-refractivity contribution is 5.97. The van der Waals surface area contributed by atoms with E-state index in [2.05, 4.69) is 36.2 Å². The van der Waals surface area contributed by atoms with Crippen LogP contribution in [0.2, 0.25) is 0 Å². The van der Waals surface area contributed by atoms with Gasteiger partial charge >= 0.3 is 0 Å². The Balaban J connectivity index is 1.18. The van der Waals surface area contributed by atoms with Crippen LogP contribution < -0.4 is 9.47 Å². The van der Waals surface area contributed by atoms with Crippen molar-refractivity contribution >= 4 is 22.8 Å². The lowest BCUT2D eigenvalue weighted by Crippen LogP contribution is -2.37. The summed E-state index contributed by atoms with van der Waals surface area (Å²) in [6.07, 6.45) is 0. The van der Waals surface area contributed by atoms with E-state index in [1.54, 1.807) is 25.3 Å². The lowest BCUT2D eigenvalue weighted by molar-refractivity contribution is -0.132. The van der Waals surface area contributed by atoms with Crippen LogP contribution in [0, 0.1) is 11.8 Å². The van der Waals surface area contributed by atoms with Gasteiger partial charge in [0.25, 0.3) is 11.8 Å². The van der Waals surface area contributed by atoms with Crippen LogP contribution in [0.1, 0.15) is 36.7 Å². The molecule has 5 rings (SSSR count). The third kappa shape index (κ3) is 4.54. The predicted octanol–water partition coefficient (Wildman–Crippen LogP) is 2.87. The molecule has 2 amide bonds. The molecule has 0 spiro atoms. The second-order valence-electron chi connectivity index (χ2n) is 10.5. The number of likely N-dealkylation sites (tertiary alicyclic amines) is 2. The molecule has 3 aromatic rings. The molecule has 9 heteroatoms. The minimum Gasteiger partial charge on any atom is -0.497 e. The number of hydrogen-bond donors (Lipinski definition) is 1. The molecule has 2 unspecified atom stereocenters. The van der Waals surface area contributed by atoms with E-state index >= 15 is 0 Å². The minimum absolute atomic E-state index is 0.000254. The van der Waals surface area contributed by atoms with Gasteiger partial charge < -0.3 is 19.3 Å². The minimum atomic E-state index is -0.147. The largest absolute Gasteiger partial charge is 0.497 e. The van der Waals surface area contributed by atoms with E-state index in [-0.39, 0.29) is 35.7 Å².